The quantitative estimate of drug-likeness (QED) is 0.752. The molecule has 2 N–H and O–H groups in total. The minimum atomic E-state index is -2.91. The second-order valence-electron chi connectivity index (χ2n) is 6.45. The van der Waals surface area contributed by atoms with E-state index >= 15 is 0 Å². The van der Waals surface area contributed by atoms with Crippen molar-refractivity contribution in [2.75, 3.05) is 20.2 Å². The molecule has 0 aliphatic carbocycles. The molecule has 1 unspecified atom stereocenters. The molecule has 1 aliphatic heterocycles. The highest BCUT2D eigenvalue weighted by molar-refractivity contribution is 5.81. The largest absolute Gasteiger partial charge is 0.478 e. The van der Waals surface area contributed by atoms with Crippen LogP contribution in [0.3, 0.4) is 0 Å². The highest BCUT2D eigenvalue weighted by Gasteiger charge is 2.41. The summed E-state index contributed by atoms with van der Waals surface area (Å²) in [6.07, 6.45) is 0. The van der Waals surface area contributed by atoms with Crippen LogP contribution in [0.4, 0.5) is 13.2 Å². The van der Waals surface area contributed by atoms with Crippen LogP contribution in [0.25, 0.3) is 0 Å². The van der Waals surface area contributed by atoms with Gasteiger partial charge >= 0.3 is 6.61 Å². The number of nitrogens with two attached hydrogens (primary N) is 1. The van der Waals surface area contributed by atoms with Gasteiger partial charge < -0.3 is 20.1 Å². The zero-order chi connectivity index (χ0) is 21.0. The highest BCUT2D eigenvalue weighted by atomic mass is 19.3. The second kappa shape index (κ2) is 8.35. The molecular formula is C21H20F3N3O2. The van der Waals surface area contributed by atoms with Crippen molar-refractivity contribution >= 4 is 5.96 Å². The molecule has 0 radical (unpaired) electrons. The van der Waals surface area contributed by atoms with E-state index in [9.17, 15) is 13.2 Å². The Bertz CT molecular complexity index is 967. The summed E-state index contributed by atoms with van der Waals surface area (Å²) in [4.78, 5) is 6.38. The summed E-state index contributed by atoms with van der Waals surface area (Å²) in [7, 11) is 1.78. The van der Waals surface area contributed by atoms with Crippen LogP contribution in [0.15, 0.2) is 47.5 Å². The molecule has 152 valence electrons. The van der Waals surface area contributed by atoms with Crippen LogP contribution in [0, 0.1) is 17.7 Å². The Labute approximate surface area is 166 Å². The van der Waals surface area contributed by atoms with Crippen LogP contribution >= 0.6 is 0 Å². The number of hydrogen-bond donors (Lipinski definition) is 1. The first kappa shape index (κ1) is 20.4. The minimum absolute atomic E-state index is 0.0310. The Morgan fingerprint density at radius 2 is 1.90 bits per heavy atom. The van der Waals surface area contributed by atoms with Crippen molar-refractivity contribution in [1.82, 2.24) is 4.90 Å². The van der Waals surface area contributed by atoms with E-state index in [4.69, 9.17) is 10.5 Å². The summed E-state index contributed by atoms with van der Waals surface area (Å²) in [6, 6.07) is 10.6. The maximum Gasteiger partial charge on any atom is 0.387 e. The number of benzene rings is 2. The first-order valence-corrected chi connectivity index (χ1v) is 8.80. The van der Waals surface area contributed by atoms with E-state index in [0.717, 1.165) is 0 Å². The average molecular weight is 403 g/mol. The van der Waals surface area contributed by atoms with Crippen molar-refractivity contribution in [2.45, 2.75) is 19.1 Å². The van der Waals surface area contributed by atoms with Gasteiger partial charge in [0.1, 0.15) is 17.9 Å². The van der Waals surface area contributed by atoms with E-state index in [1.54, 1.807) is 43.1 Å². The number of guanidine groups is 1. The molecule has 3 rings (SSSR count). The molecule has 0 amide bonds. The predicted molar refractivity (Wildman–Crippen MR) is 103 cm³/mol. The van der Waals surface area contributed by atoms with Crippen LogP contribution in [0.2, 0.25) is 0 Å². The summed E-state index contributed by atoms with van der Waals surface area (Å²) in [5.74, 6) is 5.27. The standard InChI is InChI=1S/C21H20F3N3O2/c1-3-4-11-28-18-12-15(7-10-17(18)22)21(13-27(2)20(25)26-21)14-5-8-16(9-6-14)29-19(23)24/h5-10,12,19H,11,13H2,1-2H3,(H2,25,26). The number of alkyl halides is 2. The SMILES string of the molecule is CC#CCOc1cc(C2(c3ccc(OC(F)F)cc3)CN(C)C(N)=N2)ccc1F. The second-order valence-corrected chi connectivity index (χ2v) is 6.45. The lowest BCUT2D eigenvalue weighted by atomic mass is 9.83. The molecule has 0 fully saturated rings. The van der Waals surface area contributed by atoms with E-state index in [0.29, 0.717) is 23.6 Å². The van der Waals surface area contributed by atoms with Gasteiger partial charge in [-0.3, -0.25) is 0 Å². The summed E-state index contributed by atoms with van der Waals surface area (Å²) < 4.78 is 48.9. The van der Waals surface area contributed by atoms with Crippen LogP contribution in [-0.2, 0) is 5.54 Å². The Morgan fingerprint density at radius 1 is 1.21 bits per heavy atom. The third-order valence-electron chi connectivity index (χ3n) is 4.60. The van der Waals surface area contributed by atoms with E-state index in [1.807, 2.05) is 0 Å². The lowest BCUT2D eigenvalue weighted by Crippen LogP contribution is -2.34. The van der Waals surface area contributed by atoms with Crippen molar-refractivity contribution in [1.29, 1.82) is 0 Å². The Hall–Kier alpha value is -3.34. The number of rotatable bonds is 6. The van der Waals surface area contributed by atoms with Crippen molar-refractivity contribution < 1.29 is 22.6 Å². The average Bonchev–Trinajstić information content (AvgIpc) is 2.99. The highest BCUT2D eigenvalue weighted by Crippen LogP contribution is 2.40. The fourth-order valence-electron chi connectivity index (χ4n) is 3.19. The summed E-state index contributed by atoms with van der Waals surface area (Å²) in [5, 5.41) is 0. The molecule has 0 spiro atoms. The van der Waals surface area contributed by atoms with E-state index in [1.165, 1.54) is 18.2 Å². The van der Waals surface area contributed by atoms with Gasteiger partial charge in [-0.15, -0.1) is 5.92 Å². The zero-order valence-corrected chi connectivity index (χ0v) is 16.0. The molecule has 5 nitrogen and oxygen atoms in total. The van der Waals surface area contributed by atoms with Crippen LogP contribution in [0.5, 0.6) is 11.5 Å². The maximum atomic E-state index is 14.2. The minimum Gasteiger partial charge on any atom is -0.478 e. The third-order valence-corrected chi connectivity index (χ3v) is 4.60. The first-order valence-electron chi connectivity index (χ1n) is 8.80. The zero-order valence-electron chi connectivity index (χ0n) is 16.0. The predicted octanol–water partition coefficient (Wildman–Crippen LogP) is 3.33. The molecular weight excluding hydrogens is 383 g/mol. The molecule has 1 atom stereocenters. The van der Waals surface area contributed by atoms with Gasteiger partial charge in [0.15, 0.2) is 17.5 Å². The molecule has 0 saturated carbocycles. The molecule has 0 saturated heterocycles. The van der Waals surface area contributed by atoms with Gasteiger partial charge in [-0.05, 0) is 42.3 Å². The van der Waals surface area contributed by atoms with Crippen LogP contribution < -0.4 is 15.2 Å². The van der Waals surface area contributed by atoms with Gasteiger partial charge in [-0.1, -0.05) is 24.1 Å². The maximum absolute atomic E-state index is 14.2. The van der Waals surface area contributed by atoms with Gasteiger partial charge in [0.05, 0.1) is 6.54 Å². The van der Waals surface area contributed by atoms with Crippen LogP contribution in [-0.4, -0.2) is 37.7 Å². The van der Waals surface area contributed by atoms with Crippen molar-refractivity contribution in [3.8, 4) is 23.3 Å². The number of hydrogen-bond acceptors (Lipinski definition) is 5. The Kier molecular flexibility index (Phi) is 5.87. The topological polar surface area (TPSA) is 60.1 Å². The molecule has 1 heterocycles. The monoisotopic (exact) mass is 403 g/mol. The van der Waals surface area contributed by atoms with Gasteiger partial charge in [0, 0.05) is 7.05 Å². The third kappa shape index (κ3) is 4.24. The van der Waals surface area contributed by atoms with Gasteiger partial charge in [-0.2, -0.15) is 8.78 Å². The van der Waals surface area contributed by atoms with Gasteiger partial charge in [0.25, 0.3) is 0 Å². The normalized spacial score (nSPS) is 18.3. The van der Waals surface area contributed by atoms with Crippen molar-refractivity contribution in [3.05, 3.63) is 59.4 Å². The fraction of sp³-hybridized carbons (Fsp3) is 0.286. The van der Waals surface area contributed by atoms with Crippen molar-refractivity contribution in [2.24, 2.45) is 10.7 Å². The summed E-state index contributed by atoms with van der Waals surface area (Å²) >= 11 is 0. The molecule has 8 heteroatoms. The number of halogens is 3. The smallest absolute Gasteiger partial charge is 0.387 e. The molecule has 29 heavy (non-hydrogen) atoms. The number of aliphatic imine (C=N–C) groups is 1. The number of ether oxygens (including phenoxy) is 2. The molecule has 0 aromatic heterocycles. The van der Waals surface area contributed by atoms with Crippen molar-refractivity contribution in [3.63, 3.8) is 0 Å². The molecule has 0 bridgehead atoms. The van der Waals surface area contributed by atoms with Gasteiger partial charge in [0.2, 0.25) is 0 Å². The van der Waals surface area contributed by atoms with Crippen LogP contribution in [0.1, 0.15) is 18.1 Å². The summed E-state index contributed by atoms with van der Waals surface area (Å²) in [5.41, 5.74) is 6.40. The molecule has 2 aromatic rings. The lowest BCUT2D eigenvalue weighted by Gasteiger charge is -2.28. The molecule has 2 aromatic carbocycles. The Balaban J connectivity index is 2.04. The summed E-state index contributed by atoms with van der Waals surface area (Å²) in [6.45, 7) is -0.815. The van der Waals surface area contributed by atoms with Gasteiger partial charge in [-0.25, -0.2) is 9.38 Å². The van der Waals surface area contributed by atoms with E-state index < -0.39 is 18.0 Å². The number of likely N-dealkylation sites (N-methyl/N-ethyl adjacent to an activating group) is 1. The Morgan fingerprint density at radius 3 is 2.48 bits per heavy atom. The fourth-order valence-corrected chi connectivity index (χ4v) is 3.19. The first-order chi connectivity index (χ1) is 13.9. The van der Waals surface area contributed by atoms with E-state index in [2.05, 4.69) is 21.6 Å². The molecule has 1 aliphatic rings. The van der Waals surface area contributed by atoms with E-state index in [-0.39, 0.29) is 18.1 Å². The lowest BCUT2D eigenvalue weighted by molar-refractivity contribution is -0.0498. The number of nitrogens with zero attached hydrogens (tertiary/aromatic N) is 2.